The molecule has 2 rings (SSSR count). The summed E-state index contributed by atoms with van der Waals surface area (Å²) in [6.45, 7) is 15.9. The van der Waals surface area contributed by atoms with Crippen molar-refractivity contribution in [3.8, 4) is 11.5 Å². The van der Waals surface area contributed by atoms with Gasteiger partial charge in [0.2, 0.25) is 0 Å². The van der Waals surface area contributed by atoms with Gasteiger partial charge in [-0.05, 0) is 90.6 Å². The number of carbonyl (C=O) groups is 2. The minimum absolute atomic E-state index is 0.274. The second-order valence-corrected chi connectivity index (χ2v) is 10.9. The number of esters is 2. The molecule has 0 spiro atoms. The highest BCUT2D eigenvalue weighted by Crippen LogP contribution is 2.32. The summed E-state index contributed by atoms with van der Waals surface area (Å²) in [7, 11) is 0. The van der Waals surface area contributed by atoms with Crippen molar-refractivity contribution in [1.82, 2.24) is 4.90 Å². The van der Waals surface area contributed by atoms with Crippen LogP contribution in [0.1, 0.15) is 66.0 Å². The second kappa shape index (κ2) is 12.2. The van der Waals surface area contributed by atoms with E-state index in [1.807, 2.05) is 18.2 Å². The predicted octanol–water partition coefficient (Wildman–Crippen LogP) is 6.09. The minimum atomic E-state index is -0.670. The summed E-state index contributed by atoms with van der Waals surface area (Å²) >= 11 is 0. The Kier molecular flexibility index (Phi) is 9.87. The molecule has 0 bridgehead atoms. The smallest absolute Gasteiger partial charge is 0.316 e. The van der Waals surface area contributed by atoms with Gasteiger partial charge in [-0.3, -0.25) is 9.59 Å². The predicted molar refractivity (Wildman–Crippen MR) is 137 cm³/mol. The standard InChI is InChI=1S/C29H41NO4/c1-8-18-30(19-16-22-12-10-9-11-13-22)20-17-23-14-15-24(33-26(31)28(2,3)4)25(21-23)34-27(32)29(5,6)7/h9-15,21H,8,16-20H2,1-7H3. The summed E-state index contributed by atoms with van der Waals surface area (Å²) < 4.78 is 11.3. The van der Waals surface area contributed by atoms with Crippen LogP contribution in [0.5, 0.6) is 11.5 Å². The quantitative estimate of drug-likeness (QED) is 0.313. The average molecular weight is 468 g/mol. The molecule has 34 heavy (non-hydrogen) atoms. The fourth-order valence-corrected chi connectivity index (χ4v) is 3.25. The van der Waals surface area contributed by atoms with Gasteiger partial charge in [0.05, 0.1) is 10.8 Å². The normalized spacial score (nSPS) is 12.0. The molecular weight excluding hydrogens is 426 g/mol. The SMILES string of the molecule is CCCN(CCc1ccccc1)CCc1ccc(OC(=O)C(C)(C)C)c(OC(=O)C(C)(C)C)c1. The van der Waals surface area contributed by atoms with Crippen LogP contribution in [0.4, 0.5) is 0 Å². The molecule has 2 aromatic rings. The molecule has 2 aromatic carbocycles. The van der Waals surface area contributed by atoms with Gasteiger partial charge in [0.1, 0.15) is 0 Å². The molecule has 0 N–H and O–H groups in total. The van der Waals surface area contributed by atoms with Gasteiger partial charge in [0, 0.05) is 13.1 Å². The third-order valence-corrected chi connectivity index (χ3v) is 5.45. The van der Waals surface area contributed by atoms with Crippen molar-refractivity contribution < 1.29 is 19.1 Å². The maximum atomic E-state index is 12.6. The molecule has 0 aliphatic rings. The van der Waals surface area contributed by atoms with Crippen LogP contribution in [-0.2, 0) is 22.4 Å². The van der Waals surface area contributed by atoms with Crippen LogP contribution in [-0.4, -0.2) is 36.5 Å². The van der Waals surface area contributed by atoms with Gasteiger partial charge in [0.15, 0.2) is 11.5 Å². The van der Waals surface area contributed by atoms with Crippen molar-refractivity contribution in [2.75, 3.05) is 19.6 Å². The topological polar surface area (TPSA) is 55.8 Å². The van der Waals surface area contributed by atoms with Crippen molar-refractivity contribution in [3.63, 3.8) is 0 Å². The molecule has 0 amide bonds. The van der Waals surface area contributed by atoms with Gasteiger partial charge in [-0.2, -0.15) is 0 Å². The molecule has 0 aliphatic carbocycles. The fourth-order valence-electron chi connectivity index (χ4n) is 3.25. The lowest BCUT2D eigenvalue weighted by Gasteiger charge is -2.23. The molecule has 0 fully saturated rings. The van der Waals surface area contributed by atoms with Crippen molar-refractivity contribution in [3.05, 3.63) is 59.7 Å². The van der Waals surface area contributed by atoms with E-state index in [-0.39, 0.29) is 17.7 Å². The maximum Gasteiger partial charge on any atom is 0.316 e. The van der Waals surface area contributed by atoms with E-state index in [2.05, 4.69) is 36.1 Å². The number of hydrogen-bond donors (Lipinski definition) is 0. The maximum absolute atomic E-state index is 12.6. The van der Waals surface area contributed by atoms with Crippen LogP contribution >= 0.6 is 0 Å². The molecule has 0 unspecified atom stereocenters. The van der Waals surface area contributed by atoms with Gasteiger partial charge >= 0.3 is 11.9 Å². The van der Waals surface area contributed by atoms with E-state index in [4.69, 9.17) is 9.47 Å². The molecule has 0 heterocycles. The fraction of sp³-hybridized carbons (Fsp3) is 0.517. The molecule has 186 valence electrons. The molecule has 5 nitrogen and oxygen atoms in total. The molecular formula is C29H41NO4. The molecule has 0 saturated heterocycles. The first-order chi connectivity index (χ1) is 15.9. The highest BCUT2D eigenvalue weighted by molar-refractivity contribution is 5.81. The lowest BCUT2D eigenvalue weighted by molar-refractivity contribution is -0.145. The van der Waals surface area contributed by atoms with E-state index in [1.165, 1.54) is 5.56 Å². The van der Waals surface area contributed by atoms with Crippen LogP contribution in [0.15, 0.2) is 48.5 Å². The van der Waals surface area contributed by atoms with E-state index < -0.39 is 10.8 Å². The van der Waals surface area contributed by atoms with E-state index in [1.54, 1.807) is 47.6 Å². The summed E-state index contributed by atoms with van der Waals surface area (Å²) in [6.07, 6.45) is 2.91. The molecule has 0 aromatic heterocycles. The Morgan fingerprint density at radius 3 is 1.76 bits per heavy atom. The van der Waals surface area contributed by atoms with Crippen LogP contribution in [0.3, 0.4) is 0 Å². The number of carbonyl (C=O) groups excluding carboxylic acids is 2. The molecule has 0 aliphatic heterocycles. The van der Waals surface area contributed by atoms with E-state index >= 15 is 0 Å². The average Bonchev–Trinajstić information content (AvgIpc) is 2.76. The molecule has 0 atom stereocenters. The van der Waals surface area contributed by atoms with Crippen molar-refractivity contribution in [2.24, 2.45) is 10.8 Å². The highest BCUT2D eigenvalue weighted by Gasteiger charge is 2.28. The number of ether oxygens (including phenoxy) is 2. The van der Waals surface area contributed by atoms with Gasteiger partial charge < -0.3 is 14.4 Å². The Labute approximate surface area is 205 Å². The Balaban J connectivity index is 2.15. The Hall–Kier alpha value is -2.66. The number of benzene rings is 2. The number of hydrogen-bond acceptors (Lipinski definition) is 5. The molecule has 0 saturated carbocycles. The first-order valence-corrected chi connectivity index (χ1v) is 12.2. The third kappa shape index (κ3) is 8.94. The Bertz CT molecular complexity index is 939. The zero-order valence-electron chi connectivity index (χ0n) is 21.9. The van der Waals surface area contributed by atoms with Gasteiger partial charge in [-0.25, -0.2) is 0 Å². The first-order valence-electron chi connectivity index (χ1n) is 12.2. The largest absolute Gasteiger partial charge is 0.422 e. The summed E-state index contributed by atoms with van der Waals surface area (Å²) in [4.78, 5) is 27.5. The van der Waals surface area contributed by atoms with E-state index in [0.29, 0.717) is 5.75 Å². The first kappa shape index (κ1) is 27.6. The number of nitrogens with zero attached hydrogens (tertiary/aromatic N) is 1. The Morgan fingerprint density at radius 2 is 1.24 bits per heavy atom. The summed E-state index contributed by atoms with van der Waals surface area (Å²) in [6, 6.07) is 16.0. The van der Waals surface area contributed by atoms with Crippen molar-refractivity contribution in [1.29, 1.82) is 0 Å². The van der Waals surface area contributed by atoms with E-state index in [0.717, 1.165) is 44.5 Å². The van der Waals surface area contributed by atoms with Crippen LogP contribution in [0.2, 0.25) is 0 Å². The summed E-state index contributed by atoms with van der Waals surface area (Å²) in [5, 5.41) is 0. The molecule has 5 heteroatoms. The van der Waals surface area contributed by atoms with Crippen molar-refractivity contribution in [2.45, 2.75) is 67.7 Å². The van der Waals surface area contributed by atoms with Gasteiger partial charge in [-0.1, -0.05) is 43.3 Å². The zero-order chi connectivity index (χ0) is 25.4. The zero-order valence-corrected chi connectivity index (χ0v) is 21.9. The van der Waals surface area contributed by atoms with Crippen LogP contribution in [0, 0.1) is 10.8 Å². The van der Waals surface area contributed by atoms with Gasteiger partial charge in [-0.15, -0.1) is 0 Å². The Morgan fingerprint density at radius 1 is 0.706 bits per heavy atom. The minimum Gasteiger partial charge on any atom is -0.422 e. The van der Waals surface area contributed by atoms with Gasteiger partial charge in [0.25, 0.3) is 0 Å². The summed E-state index contributed by atoms with van der Waals surface area (Å²) in [5.74, 6) is -0.173. The lowest BCUT2D eigenvalue weighted by Crippen LogP contribution is -2.29. The molecule has 0 radical (unpaired) electrons. The lowest BCUT2D eigenvalue weighted by atomic mass is 9.97. The van der Waals surface area contributed by atoms with Crippen molar-refractivity contribution >= 4 is 11.9 Å². The second-order valence-electron chi connectivity index (χ2n) is 10.9. The third-order valence-electron chi connectivity index (χ3n) is 5.45. The highest BCUT2D eigenvalue weighted by atomic mass is 16.6. The summed E-state index contributed by atoms with van der Waals surface area (Å²) in [5.41, 5.74) is 1.04. The van der Waals surface area contributed by atoms with Crippen LogP contribution < -0.4 is 9.47 Å². The monoisotopic (exact) mass is 467 g/mol. The van der Waals surface area contributed by atoms with E-state index in [9.17, 15) is 9.59 Å². The number of rotatable bonds is 10. The van der Waals surface area contributed by atoms with Crippen LogP contribution in [0.25, 0.3) is 0 Å².